The lowest BCUT2D eigenvalue weighted by atomic mass is 10.3. The number of hydrogen-bond donors (Lipinski definition) is 1. The number of pyridine rings is 1. The molecule has 0 spiro atoms. The highest BCUT2D eigenvalue weighted by Gasteiger charge is 2.19. The molecule has 1 amide bonds. The largest absolute Gasteiger partial charge is 0.411 e. The van der Waals surface area contributed by atoms with Crippen molar-refractivity contribution >= 4 is 23.4 Å². The number of amides is 1. The van der Waals surface area contributed by atoms with Crippen molar-refractivity contribution in [2.24, 2.45) is 0 Å². The van der Waals surface area contributed by atoms with Crippen molar-refractivity contribution in [3.8, 4) is 11.5 Å². The van der Waals surface area contributed by atoms with Gasteiger partial charge in [0.15, 0.2) is 0 Å². The summed E-state index contributed by atoms with van der Waals surface area (Å²) in [5, 5.41) is 10.4. The SMILES string of the molecule is CC(Sc1nnc(-c2ccncc2)o1)C(=O)Nc1ccc(F)cc1. The van der Waals surface area contributed by atoms with E-state index in [0.717, 1.165) is 17.3 Å². The van der Waals surface area contributed by atoms with E-state index in [1.807, 2.05) is 0 Å². The van der Waals surface area contributed by atoms with Crippen LogP contribution in [0, 0.1) is 5.82 Å². The van der Waals surface area contributed by atoms with E-state index in [4.69, 9.17) is 4.42 Å². The highest BCUT2D eigenvalue weighted by atomic mass is 32.2. The number of carbonyl (C=O) groups excluding carboxylic acids is 1. The molecule has 24 heavy (non-hydrogen) atoms. The Kier molecular flexibility index (Phi) is 4.85. The van der Waals surface area contributed by atoms with Gasteiger partial charge >= 0.3 is 0 Å². The number of hydrogen-bond acceptors (Lipinski definition) is 6. The molecule has 0 aliphatic carbocycles. The minimum absolute atomic E-state index is 0.240. The Morgan fingerprint density at radius 2 is 1.88 bits per heavy atom. The van der Waals surface area contributed by atoms with Crippen LogP contribution in [0.2, 0.25) is 0 Å². The molecule has 6 nitrogen and oxygen atoms in total. The molecule has 0 saturated carbocycles. The lowest BCUT2D eigenvalue weighted by molar-refractivity contribution is -0.115. The molecule has 3 aromatic rings. The average molecular weight is 344 g/mol. The number of benzene rings is 1. The first-order valence-corrected chi connectivity index (χ1v) is 7.97. The van der Waals surface area contributed by atoms with Crippen molar-refractivity contribution < 1.29 is 13.6 Å². The summed E-state index contributed by atoms with van der Waals surface area (Å²) in [4.78, 5) is 16.1. The summed E-state index contributed by atoms with van der Waals surface area (Å²) in [6.45, 7) is 1.72. The highest BCUT2D eigenvalue weighted by Crippen LogP contribution is 2.26. The number of halogens is 1. The van der Waals surface area contributed by atoms with Gasteiger partial charge in [-0.2, -0.15) is 0 Å². The van der Waals surface area contributed by atoms with Gasteiger partial charge in [0.2, 0.25) is 11.8 Å². The van der Waals surface area contributed by atoms with E-state index in [1.165, 1.54) is 24.3 Å². The number of nitrogens with zero attached hydrogens (tertiary/aromatic N) is 3. The van der Waals surface area contributed by atoms with Gasteiger partial charge in [-0.15, -0.1) is 10.2 Å². The molecule has 1 atom stereocenters. The van der Waals surface area contributed by atoms with Crippen molar-refractivity contribution in [2.45, 2.75) is 17.4 Å². The average Bonchev–Trinajstić information content (AvgIpc) is 3.06. The van der Waals surface area contributed by atoms with Gasteiger partial charge in [0.25, 0.3) is 5.22 Å². The summed E-state index contributed by atoms with van der Waals surface area (Å²) >= 11 is 1.15. The molecule has 1 aromatic carbocycles. The number of aromatic nitrogens is 3. The van der Waals surface area contributed by atoms with Crippen LogP contribution in [-0.4, -0.2) is 26.3 Å². The normalized spacial score (nSPS) is 11.9. The first-order valence-electron chi connectivity index (χ1n) is 7.09. The fraction of sp³-hybridized carbons (Fsp3) is 0.125. The predicted molar refractivity (Wildman–Crippen MR) is 87.9 cm³/mol. The van der Waals surface area contributed by atoms with Gasteiger partial charge < -0.3 is 9.73 Å². The molecule has 2 heterocycles. The number of rotatable bonds is 5. The predicted octanol–water partition coefficient (Wildman–Crippen LogP) is 3.39. The van der Waals surface area contributed by atoms with Crippen LogP contribution in [-0.2, 0) is 4.79 Å². The molecule has 3 rings (SSSR count). The molecule has 0 aliphatic heterocycles. The Labute approximate surface area is 141 Å². The third kappa shape index (κ3) is 3.96. The number of carbonyl (C=O) groups is 1. The maximum atomic E-state index is 12.9. The number of thioether (sulfide) groups is 1. The van der Waals surface area contributed by atoms with E-state index in [0.29, 0.717) is 16.8 Å². The zero-order valence-electron chi connectivity index (χ0n) is 12.6. The molecule has 0 fully saturated rings. The van der Waals surface area contributed by atoms with E-state index in [9.17, 15) is 9.18 Å². The third-order valence-corrected chi connectivity index (χ3v) is 4.03. The summed E-state index contributed by atoms with van der Waals surface area (Å²) in [6, 6.07) is 9.08. The second-order valence-electron chi connectivity index (χ2n) is 4.87. The van der Waals surface area contributed by atoms with Gasteiger partial charge in [-0.1, -0.05) is 11.8 Å². The Balaban J connectivity index is 1.62. The summed E-state index contributed by atoms with van der Waals surface area (Å²) in [6.07, 6.45) is 3.26. The highest BCUT2D eigenvalue weighted by molar-refractivity contribution is 8.00. The lowest BCUT2D eigenvalue weighted by Crippen LogP contribution is -2.22. The van der Waals surface area contributed by atoms with Crippen LogP contribution in [0.15, 0.2) is 58.4 Å². The fourth-order valence-electron chi connectivity index (χ4n) is 1.85. The molecule has 1 unspecified atom stereocenters. The molecule has 1 N–H and O–H groups in total. The first kappa shape index (κ1) is 16.1. The van der Waals surface area contributed by atoms with E-state index < -0.39 is 5.25 Å². The summed E-state index contributed by atoms with van der Waals surface area (Å²) in [5.41, 5.74) is 1.28. The molecule has 0 bridgehead atoms. The monoisotopic (exact) mass is 344 g/mol. The maximum Gasteiger partial charge on any atom is 0.277 e. The molecule has 0 saturated heterocycles. The minimum atomic E-state index is -0.458. The second kappa shape index (κ2) is 7.22. The van der Waals surface area contributed by atoms with Gasteiger partial charge in [-0.3, -0.25) is 9.78 Å². The Hall–Kier alpha value is -2.74. The minimum Gasteiger partial charge on any atom is -0.411 e. The van der Waals surface area contributed by atoms with Crippen LogP contribution in [0.5, 0.6) is 0 Å². The summed E-state index contributed by atoms with van der Waals surface area (Å²) < 4.78 is 18.4. The molecular formula is C16H13FN4O2S. The standard InChI is InChI=1S/C16H13FN4O2S/c1-10(14(22)19-13-4-2-12(17)3-5-13)24-16-21-20-15(23-16)11-6-8-18-9-7-11/h2-10H,1H3,(H,19,22). The van der Waals surface area contributed by atoms with Crippen molar-refractivity contribution in [3.63, 3.8) is 0 Å². The molecule has 0 aliphatic rings. The van der Waals surface area contributed by atoms with Crippen LogP contribution < -0.4 is 5.32 Å². The quantitative estimate of drug-likeness (QED) is 0.715. The smallest absolute Gasteiger partial charge is 0.277 e. The van der Waals surface area contributed by atoms with Gasteiger partial charge in [0.05, 0.1) is 5.25 Å². The van der Waals surface area contributed by atoms with Crippen LogP contribution >= 0.6 is 11.8 Å². The summed E-state index contributed by atoms with van der Waals surface area (Å²) in [5.74, 6) is -0.230. The Morgan fingerprint density at radius 3 is 2.58 bits per heavy atom. The lowest BCUT2D eigenvalue weighted by Gasteiger charge is -2.09. The van der Waals surface area contributed by atoms with Crippen LogP contribution in [0.1, 0.15) is 6.92 Å². The number of anilines is 1. The van der Waals surface area contributed by atoms with Gasteiger partial charge in [0, 0.05) is 23.6 Å². The fourth-order valence-corrected chi connectivity index (χ4v) is 2.53. The molecular weight excluding hydrogens is 331 g/mol. The van der Waals surface area contributed by atoms with Crippen molar-refractivity contribution in [2.75, 3.05) is 5.32 Å². The molecule has 122 valence electrons. The van der Waals surface area contributed by atoms with E-state index in [2.05, 4.69) is 20.5 Å². The Morgan fingerprint density at radius 1 is 1.17 bits per heavy atom. The van der Waals surface area contributed by atoms with Crippen LogP contribution in [0.3, 0.4) is 0 Å². The second-order valence-corrected chi connectivity index (χ2v) is 6.16. The number of nitrogens with one attached hydrogen (secondary N) is 1. The van der Waals surface area contributed by atoms with Crippen molar-refractivity contribution in [1.82, 2.24) is 15.2 Å². The van der Waals surface area contributed by atoms with E-state index in [1.54, 1.807) is 31.5 Å². The van der Waals surface area contributed by atoms with Gasteiger partial charge in [-0.05, 0) is 43.3 Å². The third-order valence-electron chi connectivity index (χ3n) is 3.09. The van der Waals surface area contributed by atoms with Crippen molar-refractivity contribution in [1.29, 1.82) is 0 Å². The van der Waals surface area contributed by atoms with E-state index in [-0.39, 0.29) is 11.7 Å². The zero-order valence-corrected chi connectivity index (χ0v) is 13.5. The van der Waals surface area contributed by atoms with Crippen LogP contribution in [0.4, 0.5) is 10.1 Å². The Bertz CT molecular complexity index is 824. The first-order chi connectivity index (χ1) is 11.6. The van der Waals surface area contributed by atoms with Crippen molar-refractivity contribution in [3.05, 3.63) is 54.6 Å². The molecule has 8 heteroatoms. The van der Waals surface area contributed by atoms with Gasteiger partial charge in [0.1, 0.15) is 5.82 Å². The van der Waals surface area contributed by atoms with Crippen LogP contribution in [0.25, 0.3) is 11.5 Å². The van der Waals surface area contributed by atoms with Gasteiger partial charge in [-0.25, -0.2) is 4.39 Å². The van der Waals surface area contributed by atoms with E-state index >= 15 is 0 Å². The topological polar surface area (TPSA) is 80.9 Å². The summed E-state index contributed by atoms with van der Waals surface area (Å²) in [7, 11) is 0. The molecule has 0 radical (unpaired) electrons. The molecule has 2 aromatic heterocycles. The zero-order chi connectivity index (χ0) is 16.9. The maximum absolute atomic E-state index is 12.9.